The Morgan fingerprint density at radius 3 is 2.58 bits per heavy atom. The second kappa shape index (κ2) is 8.11. The summed E-state index contributed by atoms with van der Waals surface area (Å²) < 4.78 is 23.5. The minimum atomic E-state index is -0.326. The Balaban J connectivity index is 1.57. The smallest absolute Gasteiger partial charge is 0.251 e. The molecule has 0 radical (unpaired) electrons. The highest BCUT2D eigenvalue weighted by Gasteiger charge is 2.07. The maximum absolute atomic E-state index is 12.9. The first-order valence-electron chi connectivity index (χ1n) is 7.94. The number of halogens is 1. The van der Waals surface area contributed by atoms with Crippen molar-refractivity contribution >= 4 is 5.91 Å². The Morgan fingerprint density at radius 2 is 1.88 bits per heavy atom. The van der Waals surface area contributed by atoms with E-state index in [1.807, 2.05) is 0 Å². The summed E-state index contributed by atoms with van der Waals surface area (Å²) >= 11 is 0. The SMILES string of the molecule is COc1cccc(C(=O)NCc2ccc(Oc3ccc(F)cc3)nc2)c1. The van der Waals surface area contributed by atoms with Crippen molar-refractivity contribution in [3.8, 4) is 17.4 Å². The molecule has 1 N–H and O–H groups in total. The van der Waals surface area contributed by atoms with Crippen LogP contribution in [-0.4, -0.2) is 18.0 Å². The lowest BCUT2D eigenvalue weighted by Gasteiger charge is -2.08. The van der Waals surface area contributed by atoms with E-state index >= 15 is 0 Å². The number of hydrogen-bond acceptors (Lipinski definition) is 4. The third-order valence-electron chi connectivity index (χ3n) is 3.62. The summed E-state index contributed by atoms with van der Waals surface area (Å²) in [5.41, 5.74) is 1.35. The topological polar surface area (TPSA) is 60.5 Å². The summed E-state index contributed by atoms with van der Waals surface area (Å²) in [6, 6.07) is 16.1. The van der Waals surface area contributed by atoms with E-state index in [2.05, 4.69) is 10.3 Å². The van der Waals surface area contributed by atoms with Crippen LogP contribution in [0.5, 0.6) is 17.4 Å². The van der Waals surface area contributed by atoms with Gasteiger partial charge in [0.05, 0.1) is 7.11 Å². The molecular weight excluding hydrogens is 335 g/mol. The van der Waals surface area contributed by atoms with E-state index in [0.29, 0.717) is 29.5 Å². The molecule has 1 amide bonds. The average Bonchev–Trinajstić information content (AvgIpc) is 2.69. The fourth-order valence-corrected chi connectivity index (χ4v) is 2.25. The van der Waals surface area contributed by atoms with E-state index in [9.17, 15) is 9.18 Å². The van der Waals surface area contributed by atoms with Crippen LogP contribution in [-0.2, 0) is 6.54 Å². The van der Waals surface area contributed by atoms with E-state index < -0.39 is 0 Å². The quantitative estimate of drug-likeness (QED) is 0.730. The van der Waals surface area contributed by atoms with E-state index in [4.69, 9.17) is 9.47 Å². The first-order chi connectivity index (χ1) is 12.6. The van der Waals surface area contributed by atoms with Gasteiger partial charge in [-0.1, -0.05) is 12.1 Å². The van der Waals surface area contributed by atoms with Gasteiger partial charge in [-0.3, -0.25) is 4.79 Å². The lowest BCUT2D eigenvalue weighted by Crippen LogP contribution is -2.22. The van der Waals surface area contributed by atoms with Gasteiger partial charge in [-0.25, -0.2) is 9.37 Å². The molecule has 0 bridgehead atoms. The molecule has 0 aliphatic carbocycles. The maximum atomic E-state index is 12.9. The molecule has 0 saturated heterocycles. The Morgan fingerprint density at radius 1 is 1.08 bits per heavy atom. The van der Waals surface area contributed by atoms with Gasteiger partial charge in [-0.15, -0.1) is 0 Å². The third-order valence-corrected chi connectivity index (χ3v) is 3.62. The molecule has 0 aliphatic rings. The van der Waals surface area contributed by atoms with Gasteiger partial charge >= 0.3 is 0 Å². The predicted octanol–water partition coefficient (Wildman–Crippen LogP) is 3.95. The average molecular weight is 352 g/mol. The van der Waals surface area contributed by atoms with Gasteiger partial charge in [0.15, 0.2) is 0 Å². The lowest BCUT2D eigenvalue weighted by atomic mass is 10.2. The van der Waals surface area contributed by atoms with Crippen molar-refractivity contribution in [2.24, 2.45) is 0 Å². The second-order valence-corrected chi connectivity index (χ2v) is 5.48. The molecule has 2 aromatic carbocycles. The van der Waals surface area contributed by atoms with E-state index in [1.54, 1.807) is 49.7 Å². The van der Waals surface area contributed by atoms with Crippen LogP contribution in [0.4, 0.5) is 4.39 Å². The Kier molecular flexibility index (Phi) is 5.43. The van der Waals surface area contributed by atoms with Gasteiger partial charge in [0, 0.05) is 24.4 Å². The van der Waals surface area contributed by atoms with Crippen molar-refractivity contribution in [1.29, 1.82) is 0 Å². The number of rotatable bonds is 6. The Hall–Kier alpha value is -3.41. The van der Waals surface area contributed by atoms with Crippen molar-refractivity contribution in [1.82, 2.24) is 10.3 Å². The number of nitrogens with zero attached hydrogens (tertiary/aromatic N) is 1. The van der Waals surface area contributed by atoms with Gasteiger partial charge in [0.25, 0.3) is 5.91 Å². The molecule has 6 heteroatoms. The molecule has 0 saturated carbocycles. The molecule has 0 unspecified atom stereocenters. The number of aromatic nitrogens is 1. The van der Waals surface area contributed by atoms with Crippen molar-refractivity contribution in [2.45, 2.75) is 6.54 Å². The van der Waals surface area contributed by atoms with Gasteiger partial charge < -0.3 is 14.8 Å². The molecule has 0 spiro atoms. The Labute approximate surface area is 150 Å². The molecule has 5 nitrogen and oxygen atoms in total. The highest BCUT2D eigenvalue weighted by Crippen LogP contribution is 2.19. The van der Waals surface area contributed by atoms with E-state index in [0.717, 1.165) is 5.56 Å². The number of benzene rings is 2. The molecule has 26 heavy (non-hydrogen) atoms. The molecular formula is C20H17FN2O3. The summed E-state index contributed by atoms with van der Waals surface area (Å²) in [7, 11) is 1.55. The van der Waals surface area contributed by atoms with Crippen LogP contribution in [0.25, 0.3) is 0 Å². The van der Waals surface area contributed by atoms with Crippen LogP contribution in [0.15, 0.2) is 66.9 Å². The van der Waals surface area contributed by atoms with Gasteiger partial charge in [-0.05, 0) is 48.0 Å². The van der Waals surface area contributed by atoms with Crippen molar-refractivity contribution < 1.29 is 18.7 Å². The minimum absolute atomic E-state index is 0.199. The zero-order valence-corrected chi connectivity index (χ0v) is 14.1. The standard InChI is InChI=1S/C20H17FN2O3/c1-25-18-4-2-3-15(11-18)20(24)23-13-14-5-10-19(22-12-14)26-17-8-6-16(21)7-9-17/h2-12H,13H2,1H3,(H,23,24). The molecule has 0 fully saturated rings. The van der Waals surface area contributed by atoms with Gasteiger partial charge in [0.1, 0.15) is 17.3 Å². The summed E-state index contributed by atoms with van der Waals surface area (Å²) in [5.74, 6) is 0.988. The first kappa shape index (κ1) is 17.4. The predicted molar refractivity (Wildman–Crippen MR) is 94.9 cm³/mol. The fraction of sp³-hybridized carbons (Fsp3) is 0.100. The van der Waals surface area contributed by atoms with Crippen LogP contribution in [0.2, 0.25) is 0 Å². The summed E-state index contributed by atoms with van der Waals surface area (Å²) in [5, 5.41) is 2.82. The molecule has 3 rings (SSSR count). The lowest BCUT2D eigenvalue weighted by molar-refractivity contribution is 0.0950. The zero-order valence-electron chi connectivity index (χ0n) is 14.1. The summed E-state index contributed by atoms with van der Waals surface area (Å²) in [4.78, 5) is 16.4. The van der Waals surface area contributed by atoms with Crippen molar-refractivity contribution in [3.63, 3.8) is 0 Å². The molecule has 1 aromatic heterocycles. The molecule has 3 aromatic rings. The van der Waals surface area contributed by atoms with Crippen LogP contribution in [0.3, 0.4) is 0 Å². The summed E-state index contributed by atoms with van der Waals surface area (Å²) in [6.45, 7) is 0.333. The second-order valence-electron chi connectivity index (χ2n) is 5.48. The number of methoxy groups -OCH3 is 1. The normalized spacial score (nSPS) is 10.2. The monoisotopic (exact) mass is 352 g/mol. The molecule has 0 aliphatic heterocycles. The molecule has 0 atom stereocenters. The van der Waals surface area contributed by atoms with Crippen LogP contribution in [0.1, 0.15) is 15.9 Å². The largest absolute Gasteiger partial charge is 0.497 e. The third kappa shape index (κ3) is 4.57. The molecule has 1 heterocycles. The first-order valence-corrected chi connectivity index (χ1v) is 7.94. The zero-order chi connectivity index (χ0) is 18.4. The number of nitrogens with one attached hydrogen (secondary N) is 1. The van der Waals surface area contributed by atoms with Gasteiger partial charge in [0.2, 0.25) is 5.88 Å². The molecule has 132 valence electrons. The highest BCUT2D eigenvalue weighted by molar-refractivity contribution is 5.94. The minimum Gasteiger partial charge on any atom is -0.497 e. The number of amides is 1. The number of carbonyl (C=O) groups excluding carboxylic acids is 1. The fourth-order valence-electron chi connectivity index (χ4n) is 2.25. The Bertz CT molecular complexity index is 880. The maximum Gasteiger partial charge on any atom is 0.251 e. The number of ether oxygens (including phenoxy) is 2. The van der Waals surface area contributed by atoms with Crippen molar-refractivity contribution in [2.75, 3.05) is 7.11 Å². The van der Waals surface area contributed by atoms with Gasteiger partial charge in [-0.2, -0.15) is 0 Å². The van der Waals surface area contributed by atoms with Crippen LogP contribution < -0.4 is 14.8 Å². The van der Waals surface area contributed by atoms with E-state index in [1.165, 1.54) is 24.3 Å². The van der Waals surface area contributed by atoms with E-state index in [-0.39, 0.29) is 11.7 Å². The number of carbonyl (C=O) groups is 1. The summed E-state index contributed by atoms with van der Waals surface area (Å²) in [6.07, 6.45) is 1.62. The number of hydrogen-bond donors (Lipinski definition) is 1. The van der Waals surface area contributed by atoms with Crippen LogP contribution >= 0.6 is 0 Å². The van der Waals surface area contributed by atoms with Crippen LogP contribution in [0, 0.1) is 5.82 Å². The number of pyridine rings is 1. The van der Waals surface area contributed by atoms with Crippen molar-refractivity contribution in [3.05, 3.63) is 83.8 Å². The highest BCUT2D eigenvalue weighted by atomic mass is 19.1.